The fraction of sp³-hybridized carbons (Fsp3) is 0.320. The summed E-state index contributed by atoms with van der Waals surface area (Å²) < 4.78 is 42.0. The number of hydrogen-bond donors (Lipinski definition) is 1. The summed E-state index contributed by atoms with van der Waals surface area (Å²) in [6.07, 6.45) is -1.12. The second-order valence-corrected chi connectivity index (χ2v) is 10.5. The summed E-state index contributed by atoms with van der Waals surface area (Å²) in [5, 5.41) is 9.22. The zero-order valence-electron chi connectivity index (χ0n) is 19.5. The van der Waals surface area contributed by atoms with E-state index in [0.717, 1.165) is 30.1 Å². The Hall–Kier alpha value is -2.82. The van der Waals surface area contributed by atoms with Crippen molar-refractivity contribution < 1.29 is 18.0 Å². The molecule has 2 aromatic carbocycles. The van der Waals surface area contributed by atoms with Gasteiger partial charge in [-0.3, -0.25) is 9.48 Å². The number of alkyl halides is 3. The van der Waals surface area contributed by atoms with E-state index in [2.05, 4.69) is 34.2 Å². The third-order valence-electron chi connectivity index (χ3n) is 6.28. The highest BCUT2D eigenvalue weighted by Crippen LogP contribution is 2.35. The van der Waals surface area contributed by atoms with E-state index >= 15 is 0 Å². The van der Waals surface area contributed by atoms with Gasteiger partial charge in [0, 0.05) is 35.6 Å². The lowest BCUT2D eigenvalue weighted by molar-refractivity contribution is -0.138. The number of halogens is 4. The molecule has 2 atom stereocenters. The fourth-order valence-electron chi connectivity index (χ4n) is 4.39. The summed E-state index contributed by atoms with van der Waals surface area (Å²) in [6.45, 7) is 5.76. The number of carbonyl (C=O) groups excluding carboxylic acids is 1. The first kappa shape index (κ1) is 24.9. The lowest BCUT2D eigenvalue weighted by atomic mass is 10.1. The number of nitrogens with one attached hydrogen (secondary N) is 1. The van der Waals surface area contributed by atoms with Crippen LogP contribution >= 0.6 is 23.4 Å². The highest BCUT2D eigenvalue weighted by atomic mass is 35.5. The Morgan fingerprint density at radius 2 is 2.03 bits per heavy atom. The van der Waals surface area contributed by atoms with Crippen LogP contribution in [-0.2, 0) is 17.5 Å². The minimum absolute atomic E-state index is 0.0291. The second-order valence-electron chi connectivity index (χ2n) is 9.04. The Morgan fingerprint density at radius 1 is 1.22 bits per heavy atom. The van der Waals surface area contributed by atoms with Gasteiger partial charge in [0.05, 0.1) is 28.7 Å². The zero-order valence-corrected chi connectivity index (χ0v) is 21.1. The van der Waals surface area contributed by atoms with Gasteiger partial charge in [-0.05, 0) is 67.1 Å². The number of aromatic nitrogens is 2. The van der Waals surface area contributed by atoms with Gasteiger partial charge in [-0.25, -0.2) is 0 Å². The summed E-state index contributed by atoms with van der Waals surface area (Å²) in [4.78, 5) is 19.6. The van der Waals surface area contributed by atoms with Gasteiger partial charge in [0.25, 0.3) is 5.91 Å². The van der Waals surface area contributed by atoms with E-state index in [9.17, 15) is 18.0 Å². The number of nitrogens with zero attached hydrogens (tertiary/aromatic N) is 4. The normalized spacial score (nSPS) is 22.1. The molecule has 0 aliphatic carbocycles. The standard InChI is InChI=1S/C25H23ClF3N5OS/c1-14-12-33(15(2)10-30-14)24-32-23(35)22(36-24)8-16-3-6-21-18(7-16)11-31-34(21)13-17-4-5-19(26)9-20(17)25(27,28)29/h3-9,11,14-15,30H,10,12-13H2,1-2H3/t14-,15-/m0/s1. The first-order valence-corrected chi connectivity index (χ1v) is 12.6. The average Bonchev–Trinajstić information content (AvgIpc) is 3.39. The van der Waals surface area contributed by atoms with Crippen molar-refractivity contribution in [2.75, 3.05) is 13.1 Å². The number of amides is 1. The van der Waals surface area contributed by atoms with Crippen LogP contribution in [-0.4, -0.2) is 50.9 Å². The van der Waals surface area contributed by atoms with Crippen LogP contribution in [0.2, 0.25) is 5.02 Å². The highest BCUT2D eigenvalue weighted by molar-refractivity contribution is 8.18. The fourth-order valence-corrected chi connectivity index (χ4v) is 5.59. The Kier molecular flexibility index (Phi) is 6.61. The van der Waals surface area contributed by atoms with Crippen molar-refractivity contribution >= 4 is 51.4 Å². The SMILES string of the molecule is C[C@H]1CN(C2=NC(=O)C(=Cc3ccc4c(cnn4Cc4ccc(Cl)cc4C(F)(F)F)c3)S2)[C@@H](C)CN1. The van der Waals surface area contributed by atoms with Crippen LogP contribution in [0.15, 0.2) is 52.5 Å². The third-order valence-corrected chi connectivity index (χ3v) is 7.54. The molecule has 0 saturated carbocycles. The number of aliphatic imine (C=N–C) groups is 1. The minimum Gasteiger partial charge on any atom is -0.345 e. The minimum atomic E-state index is -4.52. The van der Waals surface area contributed by atoms with Crippen molar-refractivity contribution in [3.63, 3.8) is 0 Å². The molecule has 11 heteroatoms. The van der Waals surface area contributed by atoms with E-state index in [1.54, 1.807) is 18.3 Å². The van der Waals surface area contributed by atoms with Crippen molar-refractivity contribution in [3.8, 4) is 0 Å². The van der Waals surface area contributed by atoms with Gasteiger partial charge in [0.15, 0.2) is 5.17 Å². The summed E-state index contributed by atoms with van der Waals surface area (Å²) in [7, 11) is 0. The van der Waals surface area contributed by atoms with E-state index in [4.69, 9.17) is 11.6 Å². The van der Waals surface area contributed by atoms with Crippen molar-refractivity contribution in [3.05, 3.63) is 69.2 Å². The molecule has 3 heterocycles. The monoisotopic (exact) mass is 533 g/mol. The molecule has 0 radical (unpaired) electrons. The van der Waals surface area contributed by atoms with E-state index in [1.807, 2.05) is 12.1 Å². The lowest BCUT2D eigenvalue weighted by Gasteiger charge is -2.38. The lowest BCUT2D eigenvalue weighted by Crippen LogP contribution is -2.55. The molecule has 1 N–H and O–H groups in total. The van der Waals surface area contributed by atoms with Gasteiger partial charge >= 0.3 is 6.18 Å². The summed E-state index contributed by atoms with van der Waals surface area (Å²) in [5.41, 5.74) is 0.780. The molecule has 1 fully saturated rings. The van der Waals surface area contributed by atoms with Crippen LogP contribution in [0.25, 0.3) is 17.0 Å². The quantitative estimate of drug-likeness (QED) is 0.456. The number of hydrogen-bond acceptors (Lipinski definition) is 5. The summed E-state index contributed by atoms with van der Waals surface area (Å²) in [5.74, 6) is -0.272. The number of piperazine rings is 1. The number of amidine groups is 1. The molecular weight excluding hydrogens is 511 g/mol. The predicted octanol–water partition coefficient (Wildman–Crippen LogP) is 5.41. The maximum absolute atomic E-state index is 13.5. The van der Waals surface area contributed by atoms with Crippen LogP contribution in [0, 0.1) is 0 Å². The molecule has 36 heavy (non-hydrogen) atoms. The number of benzene rings is 2. The maximum atomic E-state index is 13.5. The largest absolute Gasteiger partial charge is 0.416 e. The summed E-state index contributed by atoms with van der Waals surface area (Å²) >= 11 is 7.16. The van der Waals surface area contributed by atoms with E-state index in [1.165, 1.54) is 28.6 Å². The van der Waals surface area contributed by atoms with Crippen molar-refractivity contribution in [2.24, 2.45) is 4.99 Å². The second kappa shape index (κ2) is 9.57. The van der Waals surface area contributed by atoms with E-state index in [-0.39, 0.29) is 29.1 Å². The number of thioether (sulfide) groups is 1. The van der Waals surface area contributed by atoms with Gasteiger partial charge in [0.2, 0.25) is 0 Å². The average molecular weight is 534 g/mol. The van der Waals surface area contributed by atoms with Crippen molar-refractivity contribution in [1.82, 2.24) is 20.0 Å². The summed E-state index contributed by atoms with van der Waals surface area (Å²) in [6, 6.07) is 9.77. The Balaban J connectivity index is 1.37. The molecule has 1 amide bonds. The Morgan fingerprint density at radius 3 is 2.81 bits per heavy atom. The molecule has 5 rings (SSSR count). The Labute approximate surface area is 215 Å². The van der Waals surface area contributed by atoms with E-state index in [0.29, 0.717) is 21.6 Å². The van der Waals surface area contributed by atoms with Gasteiger partial charge in [-0.1, -0.05) is 23.7 Å². The third kappa shape index (κ3) is 5.02. The molecule has 0 bridgehead atoms. The number of carbonyl (C=O) groups is 1. The predicted molar refractivity (Wildman–Crippen MR) is 137 cm³/mol. The van der Waals surface area contributed by atoms with Crippen molar-refractivity contribution in [2.45, 2.75) is 38.7 Å². The molecule has 2 aliphatic rings. The number of rotatable bonds is 3. The van der Waals surface area contributed by atoms with Crippen LogP contribution in [0.1, 0.15) is 30.5 Å². The first-order valence-electron chi connectivity index (χ1n) is 11.4. The van der Waals surface area contributed by atoms with Crippen LogP contribution in [0.5, 0.6) is 0 Å². The van der Waals surface area contributed by atoms with Crippen LogP contribution in [0.3, 0.4) is 0 Å². The molecule has 1 aromatic heterocycles. The molecule has 0 unspecified atom stereocenters. The molecule has 3 aromatic rings. The zero-order chi connectivity index (χ0) is 25.6. The van der Waals surface area contributed by atoms with Gasteiger partial charge in [-0.2, -0.15) is 23.3 Å². The highest BCUT2D eigenvalue weighted by Gasteiger charge is 2.34. The van der Waals surface area contributed by atoms with Crippen molar-refractivity contribution in [1.29, 1.82) is 0 Å². The molecular formula is C25H23ClF3N5OS. The van der Waals surface area contributed by atoms with Crippen LogP contribution < -0.4 is 5.32 Å². The smallest absolute Gasteiger partial charge is 0.345 e. The van der Waals surface area contributed by atoms with Crippen LogP contribution in [0.4, 0.5) is 13.2 Å². The number of fused-ring (bicyclic) bond motifs is 1. The first-order chi connectivity index (χ1) is 17.1. The molecule has 1 saturated heterocycles. The molecule has 188 valence electrons. The molecule has 2 aliphatic heterocycles. The van der Waals surface area contributed by atoms with Gasteiger partial charge in [-0.15, -0.1) is 0 Å². The topological polar surface area (TPSA) is 62.5 Å². The van der Waals surface area contributed by atoms with Gasteiger partial charge in [0.1, 0.15) is 0 Å². The maximum Gasteiger partial charge on any atom is 0.416 e. The van der Waals surface area contributed by atoms with Gasteiger partial charge < -0.3 is 10.2 Å². The van der Waals surface area contributed by atoms with E-state index < -0.39 is 11.7 Å². The molecule has 0 spiro atoms. The molecule has 6 nitrogen and oxygen atoms in total. The Bertz CT molecular complexity index is 1400.